The predicted molar refractivity (Wildman–Crippen MR) is 86.9 cm³/mol. The second-order valence-corrected chi connectivity index (χ2v) is 4.90. The zero-order valence-corrected chi connectivity index (χ0v) is 12.7. The van der Waals surface area contributed by atoms with Gasteiger partial charge in [-0.1, -0.05) is 17.3 Å². The Morgan fingerprint density at radius 2 is 1.74 bits per heavy atom. The van der Waals surface area contributed by atoms with Crippen LogP contribution in [0.1, 0.15) is 15.9 Å². The van der Waals surface area contributed by atoms with E-state index >= 15 is 0 Å². The fourth-order valence-electron chi connectivity index (χ4n) is 1.77. The number of nitro benzene ring substituents is 1. The Bertz CT molecular complexity index is 722. The summed E-state index contributed by atoms with van der Waals surface area (Å²) in [6, 6.07) is 12.6. The van der Waals surface area contributed by atoms with Gasteiger partial charge in [-0.2, -0.15) is 0 Å². The van der Waals surface area contributed by atoms with E-state index in [9.17, 15) is 14.9 Å². The first-order chi connectivity index (χ1) is 11.0. The summed E-state index contributed by atoms with van der Waals surface area (Å²) in [5.74, 6) is -0.680. The number of nitrogens with zero attached hydrogens (tertiary/aromatic N) is 3. The monoisotopic (exact) mass is 313 g/mol. The van der Waals surface area contributed by atoms with Gasteiger partial charge in [-0.25, -0.2) is 4.79 Å². The molecule has 0 amide bonds. The highest BCUT2D eigenvalue weighted by molar-refractivity contribution is 5.90. The smallest absolute Gasteiger partial charge is 0.365 e. The molecule has 0 heterocycles. The molecule has 0 saturated heterocycles. The van der Waals surface area contributed by atoms with Crippen LogP contribution in [0.2, 0.25) is 0 Å². The average molecular weight is 313 g/mol. The van der Waals surface area contributed by atoms with Gasteiger partial charge < -0.3 is 9.74 Å². The third-order valence-corrected chi connectivity index (χ3v) is 3.06. The number of rotatable bonds is 5. The van der Waals surface area contributed by atoms with Crippen LogP contribution in [-0.4, -0.2) is 31.2 Å². The van der Waals surface area contributed by atoms with E-state index in [0.29, 0.717) is 0 Å². The molecular formula is C16H15N3O4. The lowest BCUT2D eigenvalue weighted by Gasteiger charge is -2.11. The third kappa shape index (κ3) is 4.37. The molecule has 0 radical (unpaired) electrons. The molecule has 2 aromatic rings. The largest absolute Gasteiger partial charge is 0.378 e. The van der Waals surface area contributed by atoms with E-state index in [0.717, 1.165) is 11.3 Å². The van der Waals surface area contributed by atoms with Gasteiger partial charge in [0.25, 0.3) is 5.69 Å². The molecule has 0 N–H and O–H groups in total. The molecule has 118 valence electrons. The van der Waals surface area contributed by atoms with E-state index in [1.54, 1.807) is 0 Å². The lowest BCUT2D eigenvalue weighted by atomic mass is 10.2. The van der Waals surface area contributed by atoms with Gasteiger partial charge in [0.1, 0.15) is 0 Å². The van der Waals surface area contributed by atoms with Gasteiger partial charge in [-0.15, -0.1) is 0 Å². The van der Waals surface area contributed by atoms with Crippen LogP contribution in [0.4, 0.5) is 11.4 Å². The Labute approximate surface area is 132 Å². The van der Waals surface area contributed by atoms with Crippen molar-refractivity contribution in [3.63, 3.8) is 0 Å². The van der Waals surface area contributed by atoms with Gasteiger partial charge in [-0.3, -0.25) is 10.1 Å². The molecule has 0 bridgehead atoms. The predicted octanol–water partition coefficient (Wildman–Crippen LogP) is 2.85. The van der Waals surface area contributed by atoms with Crippen LogP contribution < -0.4 is 4.90 Å². The molecule has 0 atom stereocenters. The van der Waals surface area contributed by atoms with Gasteiger partial charge in [0.2, 0.25) is 0 Å². The van der Waals surface area contributed by atoms with Crippen molar-refractivity contribution in [1.29, 1.82) is 0 Å². The molecule has 7 heteroatoms. The minimum atomic E-state index is -0.680. The van der Waals surface area contributed by atoms with E-state index in [1.807, 2.05) is 43.3 Å². The normalized spacial score (nSPS) is 10.5. The van der Waals surface area contributed by atoms with Crippen molar-refractivity contribution in [3.8, 4) is 0 Å². The molecule has 0 aromatic heterocycles. The molecule has 2 rings (SSSR count). The number of non-ortho nitro benzene ring substituents is 1. The zero-order chi connectivity index (χ0) is 16.8. The first-order valence-electron chi connectivity index (χ1n) is 6.74. The van der Waals surface area contributed by atoms with Gasteiger partial charge in [-0.05, 0) is 29.8 Å². The van der Waals surface area contributed by atoms with Gasteiger partial charge >= 0.3 is 5.97 Å². The summed E-state index contributed by atoms with van der Waals surface area (Å²) in [6.45, 7) is 0. The van der Waals surface area contributed by atoms with Gasteiger partial charge in [0.15, 0.2) is 0 Å². The summed E-state index contributed by atoms with van der Waals surface area (Å²) in [7, 11) is 3.88. The van der Waals surface area contributed by atoms with Crippen LogP contribution in [0, 0.1) is 10.1 Å². The lowest BCUT2D eigenvalue weighted by molar-refractivity contribution is -0.384. The van der Waals surface area contributed by atoms with Crippen molar-refractivity contribution >= 4 is 23.6 Å². The zero-order valence-electron chi connectivity index (χ0n) is 12.7. The number of benzene rings is 2. The van der Waals surface area contributed by atoms with Crippen molar-refractivity contribution in [3.05, 3.63) is 69.8 Å². The Balaban J connectivity index is 1.96. The van der Waals surface area contributed by atoms with E-state index in [-0.39, 0.29) is 11.3 Å². The van der Waals surface area contributed by atoms with E-state index < -0.39 is 10.9 Å². The van der Waals surface area contributed by atoms with Crippen LogP contribution in [0.15, 0.2) is 53.7 Å². The Morgan fingerprint density at radius 3 is 2.26 bits per heavy atom. The second-order valence-electron chi connectivity index (χ2n) is 4.90. The van der Waals surface area contributed by atoms with Crippen LogP contribution in [-0.2, 0) is 4.84 Å². The van der Waals surface area contributed by atoms with E-state index in [1.165, 1.54) is 30.5 Å². The van der Waals surface area contributed by atoms with Gasteiger partial charge in [0.05, 0.1) is 16.7 Å². The Morgan fingerprint density at radius 1 is 1.13 bits per heavy atom. The molecule has 0 aliphatic rings. The highest BCUT2D eigenvalue weighted by Gasteiger charge is 2.10. The summed E-state index contributed by atoms with van der Waals surface area (Å²) in [4.78, 5) is 28.5. The van der Waals surface area contributed by atoms with Crippen molar-refractivity contribution in [2.24, 2.45) is 5.16 Å². The van der Waals surface area contributed by atoms with Crippen molar-refractivity contribution in [1.82, 2.24) is 0 Å². The quantitative estimate of drug-likeness (QED) is 0.367. The van der Waals surface area contributed by atoms with E-state index in [2.05, 4.69) is 5.16 Å². The summed E-state index contributed by atoms with van der Waals surface area (Å²) in [5, 5.41) is 14.2. The number of carbonyl (C=O) groups excluding carboxylic acids is 1. The van der Waals surface area contributed by atoms with Crippen molar-refractivity contribution in [2.45, 2.75) is 0 Å². The van der Waals surface area contributed by atoms with E-state index in [4.69, 9.17) is 4.84 Å². The molecule has 2 aromatic carbocycles. The van der Waals surface area contributed by atoms with Crippen LogP contribution in [0.25, 0.3) is 0 Å². The fourth-order valence-corrected chi connectivity index (χ4v) is 1.77. The fraction of sp³-hybridized carbons (Fsp3) is 0.125. The summed E-state index contributed by atoms with van der Waals surface area (Å²) >= 11 is 0. The maximum absolute atomic E-state index is 11.7. The maximum atomic E-state index is 11.7. The number of nitro groups is 1. The first kappa shape index (κ1) is 16.2. The minimum Gasteiger partial charge on any atom is -0.378 e. The highest BCUT2D eigenvalue weighted by atomic mass is 16.7. The number of hydrogen-bond donors (Lipinski definition) is 0. The summed E-state index contributed by atoms with van der Waals surface area (Å²) in [5.41, 5.74) is 1.93. The topological polar surface area (TPSA) is 85.0 Å². The summed E-state index contributed by atoms with van der Waals surface area (Å²) in [6.07, 6.45) is 1.42. The first-order valence-corrected chi connectivity index (χ1v) is 6.74. The Kier molecular flexibility index (Phi) is 5.03. The standard InChI is InChI=1S/C16H15N3O4/c1-18(2)14-7-3-12(4-8-14)11-17-23-16(20)13-5-9-15(10-6-13)19(21)22/h3-11H,1-2H3/b17-11-. The Hall–Kier alpha value is -3.22. The highest BCUT2D eigenvalue weighted by Crippen LogP contribution is 2.13. The molecule has 0 aliphatic carbocycles. The van der Waals surface area contributed by atoms with Crippen LogP contribution >= 0.6 is 0 Å². The molecule has 7 nitrogen and oxygen atoms in total. The van der Waals surface area contributed by atoms with Crippen LogP contribution in [0.5, 0.6) is 0 Å². The van der Waals surface area contributed by atoms with Gasteiger partial charge in [0, 0.05) is 31.9 Å². The SMILES string of the molecule is CN(C)c1ccc(/C=N\OC(=O)c2ccc([N+](=O)[O-])cc2)cc1. The summed E-state index contributed by atoms with van der Waals surface area (Å²) < 4.78 is 0. The molecule has 0 spiro atoms. The average Bonchev–Trinajstić information content (AvgIpc) is 2.55. The molecule has 23 heavy (non-hydrogen) atoms. The second kappa shape index (κ2) is 7.17. The van der Waals surface area contributed by atoms with Crippen molar-refractivity contribution < 1.29 is 14.6 Å². The molecule has 0 saturated carbocycles. The lowest BCUT2D eigenvalue weighted by Crippen LogP contribution is -2.08. The van der Waals surface area contributed by atoms with Crippen LogP contribution in [0.3, 0.4) is 0 Å². The molecular weight excluding hydrogens is 298 g/mol. The minimum absolute atomic E-state index is 0.0916. The number of oxime groups is 1. The number of carbonyl (C=O) groups is 1. The number of hydrogen-bond acceptors (Lipinski definition) is 6. The molecule has 0 aliphatic heterocycles. The molecule has 0 unspecified atom stereocenters. The maximum Gasteiger partial charge on any atom is 0.365 e. The molecule has 0 fully saturated rings. The van der Waals surface area contributed by atoms with Crippen molar-refractivity contribution in [2.75, 3.05) is 19.0 Å². The third-order valence-electron chi connectivity index (χ3n) is 3.06. The number of anilines is 1.